The minimum atomic E-state index is -4.94. The van der Waals surface area contributed by atoms with Gasteiger partial charge in [-0.05, 0) is 66.6 Å². The summed E-state index contributed by atoms with van der Waals surface area (Å²) in [5.41, 5.74) is 3.98. The van der Waals surface area contributed by atoms with Crippen LogP contribution in [0.3, 0.4) is 0 Å². The second-order valence-electron chi connectivity index (χ2n) is 9.16. The van der Waals surface area contributed by atoms with Crippen LogP contribution in [0.25, 0.3) is 0 Å². The van der Waals surface area contributed by atoms with Crippen molar-refractivity contribution in [2.24, 2.45) is 0 Å². The third-order valence-electron chi connectivity index (χ3n) is 6.68. The predicted octanol–water partition coefficient (Wildman–Crippen LogP) is 3.64. The van der Waals surface area contributed by atoms with Crippen molar-refractivity contribution in [1.29, 1.82) is 0 Å². The number of alkyl halides is 3. The molecule has 190 valence electrons. The quantitative estimate of drug-likeness (QED) is 0.552. The summed E-state index contributed by atoms with van der Waals surface area (Å²) in [6.45, 7) is 2.96. The molecule has 1 N–H and O–H groups in total. The Morgan fingerprint density at radius 2 is 1.60 bits per heavy atom. The molecule has 0 aromatic heterocycles. The van der Waals surface area contributed by atoms with Crippen LogP contribution in [-0.4, -0.2) is 56.5 Å². The molecular formula is C25H30F3N3O3S. The average Bonchev–Trinajstić information content (AvgIpc) is 2.84. The van der Waals surface area contributed by atoms with Crippen LogP contribution in [0.5, 0.6) is 0 Å². The summed E-state index contributed by atoms with van der Waals surface area (Å²) in [7, 11) is -3.79. The zero-order valence-corrected chi connectivity index (χ0v) is 20.3. The molecule has 0 atom stereocenters. The highest BCUT2D eigenvalue weighted by atomic mass is 32.2. The van der Waals surface area contributed by atoms with Crippen LogP contribution in [0.4, 0.5) is 13.2 Å². The number of hydrogen-bond acceptors (Lipinski definition) is 4. The summed E-state index contributed by atoms with van der Waals surface area (Å²) in [6, 6.07) is 13.0. The summed E-state index contributed by atoms with van der Waals surface area (Å²) in [5.74, 6) is -1.90. The molecule has 2 aromatic carbocycles. The normalized spacial score (nSPS) is 16.6. The Hall–Kier alpha value is -2.43. The summed E-state index contributed by atoms with van der Waals surface area (Å²) < 4.78 is 66.3. The lowest BCUT2D eigenvalue weighted by molar-refractivity contribution is -0.186. The minimum Gasteiger partial charge on any atom is -0.330 e. The molecule has 1 amide bonds. The summed E-state index contributed by atoms with van der Waals surface area (Å²) in [6.07, 6.45) is -1.07. The maximum Gasteiger partial charge on any atom is 0.471 e. The first-order valence-electron chi connectivity index (χ1n) is 11.9. The first-order chi connectivity index (χ1) is 16.6. The topological polar surface area (TPSA) is 69.7 Å². The van der Waals surface area contributed by atoms with E-state index in [9.17, 15) is 26.4 Å². The lowest BCUT2D eigenvalue weighted by Crippen LogP contribution is -2.43. The van der Waals surface area contributed by atoms with Gasteiger partial charge in [0.2, 0.25) is 10.0 Å². The number of carbonyl (C=O) groups is 1. The fraction of sp³-hybridized carbons (Fsp3) is 0.480. The van der Waals surface area contributed by atoms with Gasteiger partial charge in [0.25, 0.3) is 0 Å². The Morgan fingerprint density at radius 3 is 2.37 bits per heavy atom. The second-order valence-corrected chi connectivity index (χ2v) is 10.9. The Labute approximate surface area is 204 Å². The van der Waals surface area contributed by atoms with E-state index in [-0.39, 0.29) is 24.4 Å². The molecule has 2 heterocycles. The van der Waals surface area contributed by atoms with E-state index in [1.54, 1.807) is 6.07 Å². The van der Waals surface area contributed by atoms with Crippen LogP contribution >= 0.6 is 0 Å². The molecule has 6 nitrogen and oxygen atoms in total. The maximum absolute atomic E-state index is 12.8. The standard InChI is InChI=1S/C25H30F3N3O3S/c26-25(27,28)24(32)31-15-11-20-8-9-23(16-22(20)18-31)35(33,34)29-12-4-1-5-13-30-14-10-19-6-2-3-7-21(19)17-30/h2-3,6-9,16,29H,1,4-5,10-15,17-18H2. The van der Waals surface area contributed by atoms with Crippen molar-refractivity contribution in [1.82, 2.24) is 14.5 Å². The van der Waals surface area contributed by atoms with E-state index >= 15 is 0 Å². The maximum atomic E-state index is 12.8. The fourth-order valence-corrected chi connectivity index (χ4v) is 5.85. The van der Waals surface area contributed by atoms with Gasteiger partial charge in [-0.3, -0.25) is 9.69 Å². The van der Waals surface area contributed by atoms with Crippen molar-refractivity contribution >= 4 is 15.9 Å². The van der Waals surface area contributed by atoms with Gasteiger partial charge < -0.3 is 4.90 Å². The zero-order valence-electron chi connectivity index (χ0n) is 19.5. The summed E-state index contributed by atoms with van der Waals surface area (Å²) >= 11 is 0. The van der Waals surface area contributed by atoms with Crippen molar-refractivity contribution in [3.05, 3.63) is 64.7 Å². The highest BCUT2D eigenvalue weighted by Gasteiger charge is 2.43. The molecule has 10 heteroatoms. The van der Waals surface area contributed by atoms with E-state index < -0.39 is 22.1 Å². The van der Waals surface area contributed by atoms with E-state index in [4.69, 9.17) is 0 Å². The molecule has 0 fully saturated rings. The first-order valence-corrected chi connectivity index (χ1v) is 13.4. The van der Waals surface area contributed by atoms with E-state index in [0.29, 0.717) is 23.4 Å². The molecule has 0 radical (unpaired) electrons. The van der Waals surface area contributed by atoms with E-state index in [0.717, 1.165) is 44.5 Å². The van der Waals surface area contributed by atoms with Crippen LogP contribution < -0.4 is 4.72 Å². The molecular weight excluding hydrogens is 479 g/mol. The third kappa shape index (κ3) is 6.42. The first kappa shape index (κ1) is 25.7. The molecule has 2 aliphatic heterocycles. The monoisotopic (exact) mass is 509 g/mol. The van der Waals surface area contributed by atoms with Crippen LogP contribution in [0.2, 0.25) is 0 Å². The number of fused-ring (bicyclic) bond motifs is 2. The van der Waals surface area contributed by atoms with Crippen molar-refractivity contribution in [3.8, 4) is 0 Å². The Balaban J connectivity index is 1.23. The number of carbonyl (C=O) groups excluding carboxylic acids is 1. The number of unbranched alkanes of at least 4 members (excludes halogenated alkanes) is 2. The molecule has 0 aliphatic carbocycles. The smallest absolute Gasteiger partial charge is 0.330 e. The second kappa shape index (κ2) is 10.7. The number of rotatable bonds is 8. The molecule has 2 aliphatic rings. The summed E-state index contributed by atoms with van der Waals surface area (Å²) in [5, 5.41) is 0. The molecule has 0 saturated heterocycles. The van der Waals surface area contributed by atoms with E-state index in [2.05, 4.69) is 33.9 Å². The third-order valence-corrected chi connectivity index (χ3v) is 8.14. The van der Waals surface area contributed by atoms with Crippen molar-refractivity contribution in [3.63, 3.8) is 0 Å². The van der Waals surface area contributed by atoms with Crippen molar-refractivity contribution in [2.45, 2.75) is 56.3 Å². The Kier molecular flexibility index (Phi) is 7.83. The van der Waals surface area contributed by atoms with Gasteiger partial charge in [-0.2, -0.15) is 13.2 Å². The van der Waals surface area contributed by atoms with Gasteiger partial charge in [0.15, 0.2) is 0 Å². The molecule has 0 bridgehead atoms. The zero-order chi connectivity index (χ0) is 25.1. The number of halogens is 3. The molecule has 0 unspecified atom stereocenters. The number of amides is 1. The largest absolute Gasteiger partial charge is 0.471 e. The van der Waals surface area contributed by atoms with Gasteiger partial charge in [0.05, 0.1) is 4.90 Å². The number of benzene rings is 2. The average molecular weight is 510 g/mol. The van der Waals surface area contributed by atoms with Crippen LogP contribution in [0.15, 0.2) is 47.4 Å². The molecule has 4 rings (SSSR count). The number of nitrogens with zero attached hydrogens (tertiary/aromatic N) is 2. The molecule has 0 saturated carbocycles. The van der Waals surface area contributed by atoms with Gasteiger partial charge in [-0.25, -0.2) is 13.1 Å². The van der Waals surface area contributed by atoms with Gasteiger partial charge in [0, 0.05) is 32.7 Å². The van der Waals surface area contributed by atoms with Gasteiger partial charge in [-0.1, -0.05) is 36.8 Å². The van der Waals surface area contributed by atoms with Crippen LogP contribution in [-0.2, 0) is 40.7 Å². The van der Waals surface area contributed by atoms with Crippen molar-refractivity contribution in [2.75, 3.05) is 26.2 Å². The van der Waals surface area contributed by atoms with Crippen LogP contribution in [0.1, 0.15) is 41.5 Å². The van der Waals surface area contributed by atoms with Gasteiger partial charge >= 0.3 is 12.1 Å². The highest BCUT2D eigenvalue weighted by molar-refractivity contribution is 7.89. The lowest BCUT2D eigenvalue weighted by Gasteiger charge is -2.29. The lowest BCUT2D eigenvalue weighted by atomic mass is 10.00. The predicted molar refractivity (Wildman–Crippen MR) is 126 cm³/mol. The van der Waals surface area contributed by atoms with Crippen LogP contribution in [0, 0.1) is 0 Å². The molecule has 2 aromatic rings. The Bertz CT molecular complexity index is 1170. The SMILES string of the molecule is O=C(N1CCc2ccc(S(=O)(=O)NCCCCCN3CCc4ccccc4C3)cc2C1)C(F)(F)F. The molecule has 35 heavy (non-hydrogen) atoms. The van der Waals surface area contributed by atoms with Gasteiger partial charge in [0.1, 0.15) is 0 Å². The number of hydrogen-bond donors (Lipinski definition) is 1. The number of sulfonamides is 1. The molecule has 0 spiro atoms. The summed E-state index contributed by atoms with van der Waals surface area (Å²) in [4.78, 5) is 14.7. The minimum absolute atomic E-state index is 0.00420. The highest BCUT2D eigenvalue weighted by Crippen LogP contribution is 2.26. The Morgan fingerprint density at radius 1 is 0.886 bits per heavy atom. The van der Waals surface area contributed by atoms with E-state index in [1.165, 1.54) is 23.3 Å². The van der Waals surface area contributed by atoms with Gasteiger partial charge in [-0.15, -0.1) is 0 Å². The van der Waals surface area contributed by atoms with E-state index in [1.807, 2.05) is 0 Å². The fourth-order valence-electron chi connectivity index (χ4n) is 4.73. The van der Waals surface area contributed by atoms with Crippen molar-refractivity contribution < 1.29 is 26.4 Å². The number of nitrogens with one attached hydrogen (secondary N) is 1.